The number of nitrogens with zero attached hydrogens (tertiary/aromatic N) is 2. The number of rotatable bonds is 7. The van der Waals surface area contributed by atoms with Crippen molar-refractivity contribution in [3.63, 3.8) is 0 Å². The van der Waals surface area contributed by atoms with Gasteiger partial charge >= 0.3 is 0 Å². The van der Waals surface area contributed by atoms with Crippen LogP contribution in [0.5, 0.6) is 5.75 Å². The van der Waals surface area contributed by atoms with Gasteiger partial charge in [-0.3, -0.25) is 0 Å². The highest BCUT2D eigenvalue weighted by Crippen LogP contribution is 2.24. The molecule has 0 unspecified atom stereocenters. The molecular weight excluding hydrogens is 273 g/mol. The molecule has 0 atom stereocenters. The van der Waals surface area contributed by atoms with Gasteiger partial charge in [0.05, 0.1) is 0 Å². The van der Waals surface area contributed by atoms with Crippen LogP contribution in [-0.2, 0) is 19.6 Å². The topological polar surface area (TPSA) is 60.2 Å². The zero-order valence-electron chi connectivity index (χ0n) is 11.9. The molecule has 1 aromatic heterocycles. The van der Waals surface area contributed by atoms with Crippen LogP contribution in [0.4, 0.5) is 4.39 Å². The Morgan fingerprint density at radius 1 is 1.43 bits per heavy atom. The van der Waals surface area contributed by atoms with Crippen LogP contribution in [0.1, 0.15) is 37.0 Å². The van der Waals surface area contributed by atoms with Gasteiger partial charge in [0.1, 0.15) is 11.6 Å². The molecule has 1 heterocycles. The number of ether oxygens (including phenoxy) is 1. The fourth-order valence-corrected chi connectivity index (χ4v) is 2.00. The van der Waals surface area contributed by atoms with Crippen molar-refractivity contribution >= 4 is 0 Å². The van der Waals surface area contributed by atoms with Crippen LogP contribution in [0.25, 0.3) is 0 Å². The van der Waals surface area contributed by atoms with Gasteiger partial charge < -0.3 is 14.6 Å². The number of benzene rings is 1. The Hall–Kier alpha value is -1.95. The van der Waals surface area contributed by atoms with Gasteiger partial charge in [0.15, 0.2) is 6.61 Å². The van der Waals surface area contributed by atoms with E-state index in [1.165, 1.54) is 25.0 Å². The van der Waals surface area contributed by atoms with Gasteiger partial charge in [-0.15, -0.1) is 0 Å². The van der Waals surface area contributed by atoms with E-state index in [-0.39, 0.29) is 12.4 Å². The van der Waals surface area contributed by atoms with Gasteiger partial charge in [-0.05, 0) is 31.0 Å². The SMILES string of the molecule is CCc1nc(COc2ccc(F)cc2CNC2CC2)no1. The number of halogens is 1. The summed E-state index contributed by atoms with van der Waals surface area (Å²) in [6.45, 7) is 2.76. The normalized spacial score (nSPS) is 14.4. The molecule has 3 rings (SSSR count). The Morgan fingerprint density at radius 3 is 3.00 bits per heavy atom. The van der Waals surface area contributed by atoms with Crippen LogP contribution in [0, 0.1) is 5.82 Å². The first-order valence-electron chi connectivity index (χ1n) is 7.20. The minimum atomic E-state index is -0.261. The average Bonchev–Trinajstić information content (AvgIpc) is 3.21. The van der Waals surface area contributed by atoms with E-state index in [4.69, 9.17) is 9.26 Å². The number of aryl methyl sites for hydroxylation is 1. The third kappa shape index (κ3) is 3.78. The highest BCUT2D eigenvalue weighted by molar-refractivity contribution is 5.34. The lowest BCUT2D eigenvalue weighted by Crippen LogP contribution is -2.16. The minimum absolute atomic E-state index is 0.214. The monoisotopic (exact) mass is 291 g/mol. The van der Waals surface area contributed by atoms with Gasteiger partial charge in [-0.25, -0.2) is 4.39 Å². The Bertz CT molecular complexity index is 611. The lowest BCUT2D eigenvalue weighted by Gasteiger charge is -2.11. The van der Waals surface area contributed by atoms with Gasteiger partial charge in [-0.2, -0.15) is 4.98 Å². The van der Waals surface area contributed by atoms with E-state index in [0.717, 1.165) is 5.56 Å². The number of hydrogen-bond acceptors (Lipinski definition) is 5. The summed E-state index contributed by atoms with van der Waals surface area (Å²) >= 11 is 0. The Kier molecular flexibility index (Phi) is 4.15. The summed E-state index contributed by atoms with van der Waals surface area (Å²) in [7, 11) is 0. The largest absolute Gasteiger partial charge is 0.485 e. The fourth-order valence-electron chi connectivity index (χ4n) is 2.00. The lowest BCUT2D eigenvalue weighted by atomic mass is 10.2. The number of nitrogens with one attached hydrogen (secondary N) is 1. The quantitative estimate of drug-likeness (QED) is 0.849. The smallest absolute Gasteiger partial charge is 0.226 e. The maximum Gasteiger partial charge on any atom is 0.226 e. The second-order valence-corrected chi connectivity index (χ2v) is 5.15. The number of hydrogen-bond donors (Lipinski definition) is 1. The van der Waals surface area contributed by atoms with E-state index < -0.39 is 0 Å². The second-order valence-electron chi connectivity index (χ2n) is 5.15. The molecule has 0 amide bonds. The summed E-state index contributed by atoms with van der Waals surface area (Å²) in [6, 6.07) is 5.09. The summed E-state index contributed by atoms with van der Waals surface area (Å²) in [5.74, 6) is 1.47. The molecule has 112 valence electrons. The van der Waals surface area contributed by atoms with Gasteiger partial charge in [-0.1, -0.05) is 12.1 Å². The standard InChI is InChI=1S/C15H18FN3O2/c1-2-15-18-14(19-21-15)9-20-13-6-3-11(16)7-10(13)8-17-12-4-5-12/h3,6-7,12,17H,2,4-5,8-9H2,1H3. The van der Waals surface area contributed by atoms with Crippen molar-refractivity contribution < 1.29 is 13.7 Å². The van der Waals surface area contributed by atoms with Crippen molar-refractivity contribution in [2.45, 2.75) is 45.4 Å². The first-order valence-corrected chi connectivity index (χ1v) is 7.20. The molecule has 2 aromatic rings. The van der Waals surface area contributed by atoms with Crippen molar-refractivity contribution in [1.82, 2.24) is 15.5 Å². The predicted molar refractivity (Wildman–Crippen MR) is 74.3 cm³/mol. The zero-order chi connectivity index (χ0) is 14.7. The second kappa shape index (κ2) is 6.22. The molecule has 1 aliphatic carbocycles. The first kappa shape index (κ1) is 14.0. The maximum absolute atomic E-state index is 13.4. The Labute approximate surface area is 122 Å². The van der Waals surface area contributed by atoms with E-state index in [1.807, 2.05) is 6.92 Å². The van der Waals surface area contributed by atoms with Crippen molar-refractivity contribution in [2.24, 2.45) is 0 Å². The van der Waals surface area contributed by atoms with Crippen molar-refractivity contribution in [2.75, 3.05) is 0 Å². The van der Waals surface area contributed by atoms with Crippen LogP contribution >= 0.6 is 0 Å². The summed E-state index contributed by atoms with van der Waals surface area (Å²) in [4.78, 5) is 4.18. The summed E-state index contributed by atoms with van der Waals surface area (Å²) in [5.41, 5.74) is 0.807. The Balaban J connectivity index is 1.65. The van der Waals surface area contributed by atoms with E-state index in [1.54, 1.807) is 6.07 Å². The predicted octanol–water partition coefficient (Wildman–Crippen LogP) is 2.60. The molecule has 6 heteroatoms. The zero-order valence-corrected chi connectivity index (χ0v) is 11.9. The third-order valence-corrected chi connectivity index (χ3v) is 3.35. The molecule has 1 N–H and O–H groups in total. The van der Waals surface area contributed by atoms with Crippen molar-refractivity contribution in [1.29, 1.82) is 0 Å². The van der Waals surface area contributed by atoms with Gasteiger partial charge in [0.2, 0.25) is 11.7 Å². The molecular formula is C15H18FN3O2. The average molecular weight is 291 g/mol. The van der Waals surface area contributed by atoms with Crippen LogP contribution < -0.4 is 10.1 Å². The van der Waals surface area contributed by atoms with E-state index in [9.17, 15) is 4.39 Å². The van der Waals surface area contributed by atoms with Crippen LogP contribution in [0.3, 0.4) is 0 Å². The van der Waals surface area contributed by atoms with Gasteiger partial charge in [0.25, 0.3) is 0 Å². The maximum atomic E-state index is 13.4. The molecule has 1 fully saturated rings. The first-order chi connectivity index (χ1) is 10.2. The highest BCUT2D eigenvalue weighted by Gasteiger charge is 2.20. The molecule has 1 aromatic carbocycles. The summed E-state index contributed by atoms with van der Waals surface area (Å²) < 4.78 is 24.1. The van der Waals surface area contributed by atoms with E-state index >= 15 is 0 Å². The van der Waals surface area contributed by atoms with Crippen LogP contribution in [-0.4, -0.2) is 16.2 Å². The van der Waals surface area contributed by atoms with Crippen LogP contribution in [0.15, 0.2) is 22.7 Å². The van der Waals surface area contributed by atoms with Gasteiger partial charge in [0, 0.05) is 24.6 Å². The van der Waals surface area contributed by atoms with E-state index in [2.05, 4.69) is 15.5 Å². The summed E-state index contributed by atoms with van der Waals surface area (Å²) in [6.07, 6.45) is 3.07. The number of aromatic nitrogens is 2. The fraction of sp³-hybridized carbons (Fsp3) is 0.467. The van der Waals surface area contributed by atoms with E-state index in [0.29, 0.717) is 36.5 Å². The van der Waals surface area contributed by atoms with Crippen molar-refractivity contribution in [3.8, 4) is 5.75 Å². The lowest BCUT2D eigenvalue weighted by molar-refractivity contribution is 0.281. The molecule has 0 aliphatic heterocycles. The minimum Gasteiger partial charge on any atom is -0.485 e. The molecule has 1 aliphatic rings. The Morgan fingerprint density at radius 2 is 2.29 bits per heavy atom. The van der Waals surface area contributed by atoms with Crippen molar-refractivity contribution in [3.05, 3.63) is 41.3 Å². The summed E-state index contributed by atoms with van der Waals surface area (Å²) in [5, 5.41) is 7.19. The third-order valence-electron chi connectivity index (χ3n) is 3.35. The molecule has 0 saturated heterocycles. The molecule has 5 nitrogen and oxygen atoms in total. The molecule has 1 saturated carbocycles. The molecule has 0 spiro atoms. The molecule has 0 radical (unpaired) electrons. The molecule has 21 heavy (non-hydrogen) atoms. The highest BCUT2D eigenvalue weighted by atomic mass is 19.1. The van der Waals surface area contributed by atoms with Crippen LogP contribution in [0.2, 0.25) is 0 Å². The molecule has 0 bridgehead atoms.